The van der Waals surface area contributed by atoms with Crippen LogP contribution >= 0.6 is 11.8 Å². The Morgan fingerprint density at radius 2 is 2.06 bits per heavy atom. The Bertz CT molecular complexity index is 554. The minimum atomic E-state index is -1.14. The molecule has 1 aliphatic rings. The molecule has 1 aliphatic heterocycles. The predicted octanol–water partition coefficient (Wildman–Crippen LogP) is 1.04. The van der Waals surface area contributed by atoms with Gasteiger partial charge in [0.25, 0.3) is 0 Å². The summed E-state index contributed by atoms with van der Waals surface area (Å²) in [6.45, 7) is 0. The van der Waals surface area contributed by atoms with Crippen molar-refractivity contribution in [2.75, 3.05) is 5.75 Å². The first-order valence-corrected chi connectivity index (χ1v) is 5.97. The lowest BCUT2D eigenvalue weighted by Crippen LogP contribution is -2.17. The van der Waals surface area contributed by atoms with Gasteiger partial charge < -0.3 is 15.3 Å². The summed E-state index contributed by atoms with van der Waals surface area (Å²) >= 11 is 1.22. The van der Waals surface area contributed by atoms with Crippen LogP contribution in [0.4, 0.5) is 0 Å². The van der Waals surface area contributed by atoms with E-state index >= 15 is 0 Å². The minimum absolute atomic E-state index is 0.0327. The van der Waals surface area contributed by atoms with Crippen molar-refractivity contribution < 1.29 is 24.9 Å². The highest BCUT2D eigenvalue weighted by Gasteiger charge is 2.26. The molecular weight excluding hydrogens is 258 g/mol. The van der Waals surface area contributed by atoms with Gasteiger partial charge in [0.2, 0.25) is 0 Å². The van der Waals surface area contributed by atoms with E-state index in [1.165, 1.54) is 23.9 Å². The molecular formula is C11H9NO5S. The zero-order chi connectivity index (χ0) is 13.3. The van der Waals surface area contributed by atoms with Crippen molar-refractivity contribution >= 4 is 28.7 Å². The Morgan fingerprint density at radius 3 is 2.56 bits per heavy atom. The number of carboxylic acids is 2. The fourth-order valence-electron chi connectivity index (χ4n) is 1.49. The lowest BCUT2D eigenvalue weighted by atomic mass is 10.1. The normalized spacial score (nSPS) is 18.4. The number of carbonyl (C=O) groups is 2. The third kappa shape index (κ3) is 2.30. The van der Waals surface area contributed by atoms with Crippen LogP contribution in [-0.4, -0.2) is 44.1 Å². The Morgan fingerprint density at radius 1 is 1.33 bits per heavy atom. The topological polar surface area (TPSA) is 107 Å². The maximum Gasteiger partial charge on any atom is 0.335 e. The van der Waals surface area contributed by atoms with Gasteiger partial charge in [0.05, 0.1) is 5.56 Å². The van der Waals surface area contributed by atoms with Crippen molar-refractivity contribution in [3.8, 4) is 5.75 Å². The molecule has 1 atom stereocenters. The summed E-state index contributed by atoms with van der Waals surface area (Å²) in [5.74, 6) is -2.06. The second kappa shape index (κ2) is 4.69. The first-order valence-electron chi connectivity index (χ1n) is 4.99. The Labute approximate surface area is 106 Å². The molecule has 0 amide bonds. The highest BCUT2D eigenvalue weighted by molar-refractivity contribution is 8.14. The Balaban J connectivity index is 2.33. The standard InChI is InChI=1S/C11H9NO5S/c13-8-3-5(10(14)15)1-2-6(8)9-12-7(4-18-9)11(16)17/h1-3,7,13H,4H2,(H,14,15)(H,16,17). The van der Waals surface area contributed by atoms with Gasteiger partial charge in [-0.2, -0.15) is 0 Å². The predicted molar refractivity (Wildman–Crippen MR) is 65.5 cm³/mol. The van der Waals surface area contributed by atoms with Crippen LogP contribution in [0.2, 0.25) is 0 Å². The molecule has 1 aromatic rings. The van der Waals surface area contributed by atoms with Gasteiger partial charge in [-0.3, -0.25) is 4.99 Å². The van der Waals surface area contributed by atoms with Crippen molar-refractivity contribution in [2.45, 2.75) is 6.04 Å². The van der Waals surface area contributed by atoms with Crippen molar-refractivity contribution in [2.24, 2.45) is 4.99 Å². The third-order valence-electron chi connectivity index (χ3n) is 2.41. The first kappa shape index (κ1) is 12.4. The number of hydrogen-bond acceptors (Lipinski definition) is 5. The van der Waals surface area contributed by atoms with E-state index < -0.39 is 18.0 Å². The molecule has 2 rings (SSSR count). The number of aromatic hydroxyl groups is 1. The van der Waals surface area contributed by atoms with Crippen LogP contribution in [0.25, 0.3) is 0 Å². The van der Waals surface area contributed by atoms with Gasteiger partial charge >= 0.3 is 11.9 Å². The van der Waals surface area contributed by atoms with Gasteiger partial charge in [0.1, 0.15) is 10.8 Å². The molecule has 0 fully saturated rings. The summed E-state index contributed by atoms with van der Waals surface area (Å²) in [5.41, 5.74) is 0.323. The fourth-order valence-corrected chi connectivity index (χ4v) is 2.56. The van der Waals surface area contributed by atoms with Crippen LogP contribution in [0.15, 0.2) is 23.2 Å². The van der Waals surface area contributed by atoms with E-state index in [2.05, 4.69) is 4.99 Å². The van der Waals surface area contributed by atoms with E-state index in [1.807, 2.05) is 0 Å². The number of aromatic carboxylic acids is 1. The second-order valence-corrected chi connectivity index (χ2v) is 4.65. The third-order valence-corrected chi connectivity index (χ3v) is 3.49. The molecule has 1 unspecified atom stereocenters. The van der Waals surface area contributed by atoms with Gasteiger partial charge in [-0.05, 0) is 18.2 Å². The summed E-state index contributed by atoms with van der Waals surface area (Å²) in [5, 5.41) is 27.7. The van der Waals surface area contributed by atoms with Crippen LogP contribution in [0.1, 0.15) is 15.9 Å². The molecule has 1 heterocycles. The molecule has 7 heteroatoms. The maximum atomic E-state index is 10.7. The highest BCUT2D eigenvalue weighted by Crippen LogP contribution is 2.29. The van der Waals surface area contributed by atoms with Gasteiger partial charge in [-0.25, -0.2) is 9.59 Å². The number of nitrogens with zero attached hydrogens (tertiary/aromatic N) is 1. The number of benzene rings is 1. The summed E-state index contributed by atoms with van der Waals surface area (Å²) in [6, 6.07) is 3.07. The number of aliphatic carboxylic acids is 1. The smallest absolute Gasteiger partial charge is 0.335 e. The molecule has 3 N–H and O–H groups in total. The zero-order valence-corrected chi connectivity index (χ0v) is 9.85. The van der Waals surface area contributed by atoms with Gasteiger partial charge in [0.15, 0.2) is 6.04 Å². The average Bonchev–Trinajstić information content (AvgIpc) is 2.78. The quantitative estimate of drug-likeness (QED) is 0.755. The number of rotatable bonds is 3. The molecule has 0 saturated carbocycles. The van der Waals surface area contributed by atoms with Crippen molar-refractivity contribution in [1.29, 1.82) is 0 Å². The number of aliphatic imine (C=N–C) groups is 1. The average molecular weight is 267 g/mol. The largest absolute Gasteiger partial charge is 0.507 e. The Kier molecular flexibility index (Phi) is 3.24. The van der Waals surface area contributed by atoms with Crippen LogP contribution < -0.4 is 0 Å². The van der Waals surface area contributed by atoms with Crippen LogP contribution in [0, 0.1) is 0 Å². The molecule has 0 saturated heterocycles. The lowest BCUT2D eigenvalue weighted by Gasteiger charge is -2.04. The monoisotopic (exact) mass is 267 g/mol. The number of thioether (sulfide) groups is 1. The van der Waals surface area contributed by atoms with Gasteiger partial charge in [-0.15, -0.1) is 11.8 Å². The number of phenols is 1. The van der Waals surface area contributed by atoms with Crippen molar-refractivity contribution in [3.63, 3.8) is 0 Å². The molecule has 0 aromatic heterocycles. The molecule has 0 bridgehead atoms. The summed E-state index contributed by atoms with van der Waals surface area (Å²) < 4.78 is 0. The van der Waals surface area contributed by atoms with Gasteiger partial charge in [-0.1, -0.05) is 0 Å². The number of hydrogen-bond donors (Lipinski definition) is 3. The molecule has 1 aromatic carbocycles. The van der Waals surface area contributed by atoms with Crippen LogP contribution in [0.3, 0.4) is 0 Å². The van der Waals surface area contributed by atoms with Crippen molar-refractivity contribution in [1.82, 2.24) is 0 Å². The Hall–Kier alpha value is -2.02. The van der Waals surface area contributed by atoms with E-state index in [9.17, 15) is 14.7 Å². The summed E-state index contributed by atoms with van der Waals surface area (Å²) in [4.78, 5) is 25.4. The molecule has 0 radical (unpaired) electrons. The van der Waals surface area contributed by atoms with Crippen LogP contribution in [0.5, 0.6) is 5.75 Å². The minimum Gasteiger partial charge on any atom is -0.507 e. The zero-order valence-electron chi connectivity index (χ0n) is 9.03. The van der Waals surface area contributed by atoms with E-state index in [0.29, 0.717) is 16.4 Å². The van der Waals surface area contributed by atoms with E-state index in [0.717, 1.165) is 6.07 Å². The highest BCUT2D eigenvalue weighted by atomic mass is 32.2. The van der Waals surface area contributed by atoms with E-state index in [1.54, 1.807) is 0 Å². The van der Waals surface area contributed by atoms with E-state index in [4.69, 9.17) is 10.2 Å². The van der Waals surface area contributed by atoms with Crippen molar-refractivity contribution in [3.05, 3.63) is 29.3 Å². The molecule has 6 nitrogen and oxygen atoms in total. The second-order valence-electron chi connectivity index (χ2n) is 3.64. The number of phenolic OH excluding ortho intramolecular Hbond substituents is 1. The van der Waals surface area contributed by atoms with Crippen LogP contribution in [-0.2, 0) is 4.79 Å². The van der Waals surface area contributed by atoms with Gasteiger partial charge in [0, 0.05) is 11.3 Å². The first-order chi connectivity index (χ1) is 8.49. The summed E-state index contributed by atoms with van der Waals surface area (Å²) in [7, 11) is 0. The fraction of sp³-hybridized carbons (Fsp3) is 0.182. The molecule has 94 valence electrons. The molecule has 0 spiro atoms. The SMILES string of the molecule is O=C(O)c1ccc(C2=NC(C(=O)O)CS2)c(O)c1. The lowest BCUT2D eigenvalue weighted by molar-refractivity contribution is -0.137. The summed E-state index contributed by atoms with van der Waals surface area (Å²) in [6.07, 6.45) is 0. The molecule has 0 aliphatic carbocycles. The van der Waals surface area contributed by atoms with E-state index in [-0.39, 0.29) is 11.3 Å². The maximum absolute atomic E-state index is 10.7. The number of carboxylic acid groups (broad SMARTS) is 2. The molecule has 18 heavy (non-hydrogen) atoms.